The molecular formula is C11H15ClN2O4S. The summed E-state index contributed by atoms with van der Waals surface area (Å²) in [7, 11) is -2.08. The van der Waals surface area contributed by atoms with Crippen LogP contribution in [0.1, 0.15) is 12.8 Å². The molecule has 106 valence electrons. The van der Waals surface area contributed by atoms with Gasteiger partial charge in [-0.25, -0.2) is 8.42 Å². The highest BCUT2D eigenvalue weighted by Crippen LogP contribution is 2.22. The number of pyridine rings is 1. The minimum Gasteiger partial charge on any atom is -0.380 e. The Hall–Kier alpha value is -0.890. The third kappa shape index (κ3) is 3.00. The monoisotopic (exact) mass is 306 g/mol. The van der Waals surface area contributed by atoms with Crippen LogP contribution in [-0.2, 0) is 14.8 Å². The highest BCUT2D eigenvalue weighted by molar-refractivity contribution is 7.89. The SMILES string of the molecule is COC1CCCN(S(=O)(=O)c2c[nH]c(=O)c(Cl)c2)C1. The van der Waals surface area contributed by atoms with Crippen LogP contribution in [-0.4, -0.2) is 44.0 Å². The largest absolute Gasteiger partial charge is 0.380 e. The van der Waals surface area contributed by atoms with Gasteiger partial charge in [-0.05, 0) is 18.9 Å². The molecule has 19 heavy (non-hydrogen) atoms. The van der Waals surface area contributed by atoms with Crippen LogP contribution in [0.25, 0.3) is 0 Å². The summed E-state index contributed by atoms with van der Waals surface area (Å²) in [5.41, 5.74) is -0.506. The van der Waals surface area contributed by atoms with Crippen LogP contribution in [0, 0.1) is 0 Å². The number of ether oxygens (including phenoxy) is 1. The fourth-order valence-electron chi connectivity index (χ4n) is 2.05. The summed E-state index contributed by atoms with van der Waals surface area (Å²) in [5, 5.41) is -0.138. The Bertz CT molecular complexity index is 613. The van der Waals surface area contributed by atoms with Crippen molar-refractivity contribution in [3.63, 3.8) is 0 Å². The van der Waals surface area contributed by atoms with Gasteiger partial charge < -0.3 is 9.72 Å². The summed E-state index contributed by atoms with van der Waals surface area (Å²) in [4.78, 5) is 13.5. The molecule has 1 unspecified atom stereocenters. The lowest BCUT2D eigenvalue weighted by Crippen LogP contribution is -2.42. The molecule has 2 heterocycles. The number of hydrogen-bond donors (Lipinski definition) is 1. The van der Waals surface area contributed by atoms with Gasteiger partial charge in [0.15, 0.2) is 0 Å². The number of rotatable bonds is 3. The van der Waals surface area contributed by atoms with E-state index in [0.717, 1.165) is 12.8 Å². The smallest absolute Gasteiger partial charge is 0.266 e. The molecule has 0 amide bonds. The zero-order valence-corrected chi connectivity index (χ0v) is 12.0. The summed E-state index contributed by atoms with van der Waals surface area (Å²) in [6.07, 6.45) is 2.66. The number of nitrogens with zero attached hydrogens (tertiary/aromatic N) is 1. The first kappa shape index (κ1) is 14.5. The van der Waals surface area contributed by atoms with Crippen molar-refractivity contribution < 1.29 is 13.2 Å². The summed E-state index contributed by atoms with van der Waals surface area (Å²) in [6.45, 7) is 0.758. The van der Waals surface area contributed by atoms with Gasteiger partial charge in [-0.2, -0.15) is 4.31 Å². The zero-order chi connectivity index (χ0) is 14.0. The van der Waals surface area contributed by atoms with Crippen LogP contribution >= 0.6 is 11.6 Å². The van der Waals surface area contributed by atoms with Crippen molar-refractivity contribution >= 4 is 21.6 Å². The van der Waals surface area contributed by atoms with E-state index in [1.165, 1.54) is 16.6 Å². The van der Waals surface area contributed by atoms with Gasteiger partial charge >= 0.3 is 0 Å². The Balaban J connectivity index is 2.31. The fourth-order valence-corrected chi connectivity index (χ4v) is 3.79. The Morgan fingerprint density at radius 1 is 1.53 bits per heavy atom. The van der Waals surface area contributed by atoms with Crippen molar-refractivity contribution in [2.24, 2.45) is 0 Å². The lowest BCUT2D eigenvalue weighted by molar-refractivity contribution is 0.0572. The van der Waals surface area contributed by atoms with Crippen molar-refractivity contribution in [1.29, 1.82) is 0 Å². The topological polar surface area (TPSA) is 79.5 Å². The molecule has 0 aliphatic carbocycles. The van der Waals surface area contributed by atoms with Crippen LogP contribution < -0.4 is 5.56 Å². The Morgan fingerprint density at radius 2 is 2.26 bits per heavy atom. The normalized spacial score (nSPS) is 21.5. The number of H-pyrrole nitrogens is 1. The molecule has 0 saturated carbocycles. The van der Waals surface area contributed by atoms with E-state index in [4.69, 9.17) is 16.3 Å². The summed E-state index contributed by atoms with van der Waals surface area (Å²) < 4.78 is 31.4. The second-order valence-electron chi connectivity index (χ2n) is 4.38. The van der Waals surface area contributed by atoms with E-state index < -0.39 is 15.6 Å². The third-order valence-corrected chi connectivity index (χ3v) is 5.27. The zero-order valence-electron chi connectivity index (χ0n) is 10.4. The van der Waals surface area contributed by atoms with Crippen LogP contribution in [0.3, 0.4) is 0 Å². The van der Waals surface area contributed by atoms with Gasteiger partial charge in [0.1, 0.15) is 5.02 Å². The lowest BCUT2D eigenvalue weighted by atomic mass is 10.1. The average molecular weight is 307 g/mol. The van der Waals surface area contributed by atoms with Gasteiger partial charge in [-0.15, -0.1) is 0 Å². The minimum absolute atomic E-state index is 0.00569. The average Bonchev–Trinajstić information content (AvgIpc) is 2.41. The first-order valence-electron chi connectivity index (χ1n) is 5.86. The molecule has 1 atom stereocenters. The molecule has 6 nitrogen and oxygen atoms in total. The predicted molar refractivity (Wildman–Crippen MR) is 70.9 cm³/mol. The maximum Gasteiger partial charge on any atom is 0.266 e. The molecule has 1 saturated heterocycles. The van der Waals surface area contributed by atoms with E-state index in [-0.39, 0.29) is 16.0 Å². The number of methoxy groups -OCH3 is 1. The number of nitrogens with one attached hydrogen (secondary N) is 1. The lowest BCUT2D eigenvalue weighted by Gasteiger charge is -2.30. The third-order valence-electron chi connectivity index (χ3n) is 3.14. The Morgan fingerprint density at radius 3 is 2.89 bits per heavy atom. The maximum absolute atomic E-state index is 12.4. The first-order chi connectivity index (χ1) is 8.95. The molecule has 0 aromatic carbocycles. The summed E-state index contributed by atoms with van der Waals surface area (Å²) in [5.74, 6) is 0. The van der Waals surface area contributed by atoms with Gasteiger partial charge in [0.25, 0.3) is 5.56 Å². The number of piperidine rings is 1. The van der Waals surface area contributed by atoms with Crippen LogP contribution in [0.15, 0.2) is 22.0 Å². The van der Waals surface area contributed by atoms with Crippen LogP contribution in [0.4, 0.5) is 0 Å². The standard InChI is InChI=1S/C11H15ClN2O4S/c1-18-8-3-2-4-14(7-8)19(16,17)9-5-10(12)11(15)13-6-9/h5-6,8H,2-4,7H2,1H3,(H,13,15). The van der Waals surface area contributed by atoms with E-state index in [2.05, 4.69) is 4.98 Å². The highest BCUT2D eigenvalue weighted by atomic mass is 35.5. The molecule has 1 N–H and O–H groups in total. The van der Waals surface area contributed by atoms with E-state index in [1.807, 2.05) is 0 Å². The molecule has 2 rings (SSSR count). The molecular weight excluding hydrogens is 292 g/mol. The minimum atomic E-state index is -3.65. The molecule has 0 radical (unpaired) electrons. The Labute approximate surface area is 116 Å². The molecule has 0 bridgehead atoms. The quantitative estimate of drug-likeness (QED) is 0.897. The van der Waals surface area contributed by atoms with Gasteiger partial charge in [-0.1, -0.05) is 11.6 Å². The number of halogens is 1. The number of aromatic amines is 1. The molecule has 1 aromatic heterocycles. The van der Waals surface area contributed by atoms with Crippen molar-refractivity contribution in [3.05, 3.63) is 27.6 Å². The van der Waals surface area contributed by atoms with E-state index in [9.17, 15) is 13.2 Å². The van der Waals surface area contributed by atoms with Gasteiger partial charge in [0.2, 0.25) is 10.0 Å². The molecule has 1 aliphatic heterocycles. The van der Waals surface area contributed by atoms with E-state index in [1.54, 1.807) is 7.11 Å². The van der Waals surface area contributed by atoms with E-state index >= 15 is 0 Å². The molecule has 8 heteroatoms. The number of sulfonamides is 1. The van der Waals surface area contributed by atoms with Gasteiger partial charge in [-0.3, -0.25) is 4.79 Å². The number of aromatic nitrogens is 1. The molecule has 1 fully saturated rings. The molecule has 1 aromatic rings. The first-order valence-corrected chi connectivity index (χ1v) is 7.68. The second-order valence-corrected chi connectivity index (χ2v) is 6.72. The van der Waals surface area contributed by atoms with Crippen LogP contribution in [0.2, 0.25) is 5.02 Å². The van der Waals surface area contributed by atoms with Crippen molar-refractivity contribution in [1.82, 2.24) is 9.29 Å². The molecule has 0 spiro atoms. The fraction of sp³-hybridized carbons (Fsp3) is 0.545. The summed E-state index contributed by atoms with van der Waals surface area (Å²) in [6, 6.07) is 1.17. The maximum atomic E-state index is 12.4. The van der Waals surface area contributed by atoms with Crippen molar-refractivity contribution in [3.8, 4) is 0 Å². The summed E-state index contributed by atoms with van der Waals surface area (Å²) >= 11 is 5.66. The van der Waals surface area contributed by atoms with Crippen molar-refractivity contribution in [2.45, 2.75) is 23.8 Å². The van der Waals surface area contributed by atoms with E-state index in [0.29, 0.717) is 13.1 Å². The van der Waals surface area contributed by atoms with Crippen LogP contribution in [0.5, 0.6) is 0 Å². The van der Waals surface area contributed by atoms with Gasteiger partial charge in [0, 0.05) is 26.4 Å². The number of hydrogen-bond acceptors (Lipinski definition) is 4. The molecule has 1 aliphatic rings. The second kappa shape index (κ2) is 5.62. The Kier molecular flexibility index (Phi) is 4.29. The van der Waals surface area contributed by atoms with Crippen molar-refractivity contribution in [2.75, 3.05) is 20.2 Å². The van der Waals surface area contributed by atoms with Gasteiger partial charge in [0.05, 0.1) is 11.0 Å². The predicted octanol–water partition coefficient (Wildman–Crippen LogP) is 0.828. The highest BCUT2D eigenvalue weighted by Gasteiger charge is 2.30.